The molecule has 2 saturated heterocycles. The smallest absolute Gasteiger partial charge is 0.243 e. The number of hydrogen-bond acceptors (Lipinski definition) is 5. The number of carbonyl (C=O) groups is 2. The van der Waals surface area contributed by atoms with Gasteiger partial charge in [0.25, 0.3) is 0 Å². The molecule has 3 heterocycles. The average Bonchev–Trinajstić information content (AvgIpc) is 3.53. The molecule has 0 saturated carbocycles. The van der Waals surface area contributed by atoms with Gasteiger partial charge < -0.3 is 14.8 Å². The van der Waals surface area contributed by atoms with Gasteiger partial charge in [-0.25, -0.2) is 13.4 Å². The molecule has 2 aliphatic heterocycles. The highest BCUT2D eigenvalue weighted by molar-refractivity contribution is 7.89. The van der Waals surface area contributed by atoms with Crippen molar-refractivity contribution in [2.75, 3.05) is 31.1 Å². The Bertz CT molecular complexity index is 1010. The van der Waals surface area contributed by atoms with Gasteiger partial charge in [-0.1, -0.05) is 0 Å². The van der Waals surface area contributed by atoms with Crippen LogP contribution in [-0.2, 0) is 26.2 Å². The first-order valence-corrected chi connectivity index (χ1v) is 12.0. The fourth-order valence-electron chi connectivity index (χ4n) is 4.04. The fraction of sp³-hybridized carbons (Fsp3) is 0.476. The van der Waals surface area contributed by atoms with Crippen molar-refractivity contribution in [3.8, 4) is 0 Å². The minimum absolute atomic E-state index is 0.130. The number of hydrogen-bond donors (Lipinski definition) is 1. The van der Waals surface area contributed by atoms with Gasteiger partial charge in [0.05, 0.1) is 17.1 Å². The third kappa shape index (κ3) is 4.80. The highest BCUT2D eigenvalue weighted by Gasteiger charge is 2.35. The standard InChI is InChI=1S/C21H27N5O4S/c27-20-14-17(21(28)23-8-3-10-24-13-9-22-16-24)15-26(20)18-4-6-19(7-5-18)31(29,30)25-11-1-2-12-25/h4-7,9,13,16-17H,1-3,8,10-12,14-15H2,(H,23,28)/t17-/m0/s1. The maximum Gasteiger partial charge on any atom is 0.243 e. The van der Waals surface area contributed by atoms with E-state index in [1.807, 2.05) is 10.8 Å². The molecule has 0 unspecified atom stereocenters. The Morgan fingerprint density at radius 1 is 1.16 bits per heavy atom. The van der Waals surface area contributed by atoms with Crippen LogP contribution in [0.3, 0.4) is 0 Å². The molecule has 1 atom stereocenters. The van der Waals surface area contributed by atoms with E-state index in [0.29, 0.717) is 31.9 Å². The lowest BCUT2D eigenvalue weighted by molar-refractivity contribution is -0.126. The molecule has 2 aromatic rings. The van der Waals surface area contributed by atoms with Crippen LogP contribution in [0.25, 0.3) is 0 Å². The number of imidazole rings is 1. The van der Waals surface area contributed by atoms with E-state index in [-0.39, 0.29) is 23.1 Å². The number of nitrogens with zero attached hydrogens (tertiary/aromatic N) is 4. The molecule has 2 fully saturated rings. The molecule has 1 N–H and O–H groups in total. The second kappa shape index (κ2) is 9.19. The lowest BCUT2D eigenvalue weighted by atomic mass is 10.1. The summed E-state index contributed by atoms with van der Waals surface area (Å²) in [5.41, 5.74) is 0.612. The van der Waals surface area contributed by atoms with Gasteiger partial charge in [0.1, 0.15) is 0 Å². The van der Waals surface area contributed by atoms with Gasteiger partial charge >= 0.3 is 0 Å². The molecule has 0 aliphatic carbocycles. The van der Waals surface area contributed by atoms with E-state index in [4.69, 9.17) is 0 Å². The molecule has 166 valence electrons. The zero-order chi connectivity index (χ0) is 21.8. The van der Waals surface area contributed by atoms with Crippen LogP contribution in [-0.4, -0.2) is 60.3 Å². The highest BCUT2D eigenvalue weighted by atomic mass is 32.2. The molecule has 9 nitrogen and oxygen atoms in total. The minimum Gasteiger partial charge on any atom is -0.356 e. The summed E-state index contributed by atoms with van der Waals surface area (Å²) < 4.78 is 28.8. The summed E-state index contributed by atoms with van der Waals surface area (Å²) in [7, 11) is -3.49. The molecule has 1 aromatic heterocycles. The Balaban J connectivity index is 1.31. The van der Waals surface area contributed by atoms with Crippen LogP contribution in [0.4, 0.5) is 5.69 Å². The van der Waals surface area contributed by atoms with Crippen molar-refractivity contribution < 1.29 is 18.0 Å². The monoisotopic (exact) mass is 445 g/mol. The Kier molecular flexibility index (Phi) is 6.38. The van der Waals surface area contributed by atoms with Gasteiger partial charge in [0.15, 0.2) is 0 Å². The van der Waals surface area contributed by atoms with Crippen molar-refractivity contribution in [1.29, 1.82) is 0 Å². The molecule has 0 spiro atoms. The maximum absolute atomic E-state index is 12.7. The number of nitrogens with one attached hydrogen (secondary N) is 1. The van der Waals surface area contributed by atoms with Crippen LogP contribution in [0, 0.1) is 5.92 Å². The summed E-state index contributed by atoms with van der Waals surface area (Å²) in [5, 5.41) is 2.90. The zero-order valence-electron chi connectivity index (χ0n) is 17.3. The topological polar surface area (TPSA) is 105 Å². The summed E-state index contributed by atoms with van der Waals surface area (Å²) >= 11 is 0. The molecule has 10 heteroatoms. The number of rotatable bonds is 8. The number of aromatic nitrogens is 2. The first kappa shape index (κ1) is 21.5. The summed E-state index contributed by atoms with van der Waals surface area (Å²) in [4.78, 5) is 30.7. The van der Waals surface area contributed by atoms with Crippen LogP contribution < -0.4 is 10.2 Å². The number of anilines is 1. The van der Waals surface area contributed by atoms with Crippen LogP contribution in [0.1, 0.15) is 25.7 Å². The van der Waals surface area contributed by atoms with E-state index < -0.39 is 15.9 Å². The van der Waals surface area contributed by atoms with Crippen molar-refractivity contribution in [2.45, 2.75) is 37.1 Å². The molecule has 0 radical (unpaired) electrons. The molecule has 4 rings (SSSR count). The molecular weight excluding hydrogens is 418 g/mol. The second-order valence-electron chi connectivity index (χ2n) is 7.96. The first-order valence-electron chi connectivity index (χ1n) is 10.6. The van der Waals surface area contributed by atoms with Gasteiger partial charge in [-0.15, -0.1) is 0 Å². The first-order chi connectivity index (χ1) is 14.9. The number of amides is 2. The van der Waals surface area contributed by atoms with Crippen LogP contribution in [0.15, 0.2) is 47.9 Å². The molecule has 1 aromatic carbocycles. The predicted molar refractivity (Wildman–Crippen MR) is 115 cm³/mol. The zero-order valence-corrected chi connectivity index (χ0v) is 18.1. The Morgan fingerprint density at radius 3 is 2.58 bits per heavy atom. The lowest BCUT2D eigenvalue weighted by Crippen LogP contribution is -2.33. The number of sulfonamides is 1. The van der Waals surface area contributed by atoms with Crippen molar-refractivity contribution in [3.05, 3.63) is 43.0 Å². The molecule has 31 heavy (non-hydrogen) atoms. The summed E-state index contributed by atoms with van der Waals surface area (Å²) in [6.45, 7) is 2.69. The van der Waals surface area contributed by atoms with Crippen LogP contribution >= 0.6 is 0 Å². The predicted octanol–water partition coefficient (Wildman–Crippen LogP) is 1.23. The van der Waals surface area contributed by atoms with Gasteiger partial charge in [0.2, 0.25) is 21.8 Å². The Hall–Kier alpha value is -2.72. The van der Waals surface area contributed by atoms with Crippen LogP contribution in [0.5, 0.6) is 0 Å². The third-order valence-corrected chi connectivity index (χ3v) is 7.71. The quantitative estimate of drug-likeness (QED) is 0.616. The molecule has 2 amide bonds. The SMILES string of the molecule is O=C(NCCCn1ccnc1)[C@H]1CC(=O)N(c2ccc(S(=O)(=O)N3CCCC3)cc2)C1. The van der Waals surface area contributed by atoms with E-state index in [9.17, 15) is 18.0 Å². The van der Waals surface area contributed by atoms with Crippen molar-refractivity contribution in [2.24, 2.45) is 5.92 Å². The van der Waals surface area contributed by atoms with Gasteiger partial charge in [-0.05, 0) is 43.5 Å². The molecule has 2 aliphatic rings. The van der Waals surface area contributed by atoms with Crippen molar-refractivity contribution >= 4 is 27.5 Å². The number of benzene rings is 1. The minimum atomic E-state index is -3.49. The van der Waals surface area contributed by atoms with E-state index in [1.165, 1.54) is 4.31 Å². The Morgan fingerprint density at radius 2 is 1.90 bits per heavy atom. The highest BCUT2D eigenvalue weighted by Crippen LogP contribution is 2.28. The summed E-state index contributed by atoms with van der Waals surface area (Å²) in [5.74, 6) is -0.669. The van der Waals surface area contributed by atoms with E-state index in [2.05, 4.69) is 10.3 Å². The second-order valence-corrected chi connectivity index (χ2v) is 9.89. The van der Waals surface area contributed by atoms with Gasteiger partial charge in [0, 0.05) is 57.2 Å². The Labute approximate surface area is 182 Å². The van der Waals surface area contributed by atoms with Crippen molar-refractivity contribution in [1.82, 2.24) is 19.2 Å². The summed E-state index contributed by atoms with van der Waals surface area (Å²) in [6, 6.07) is 6.37. The van der Waals surface area contributed by atoms with Crippen molar-refractivity contribution in [3.63, 3.8) is 0 Å². The largest absolute Gasteiger partial charge is 0.356 e. The number of aryl methyl sites for hydroxylation is 1. The maximum atomic E-state index is 12.7. The van der Waals surface area contributed by atoms with Gasteiger partial charge in [-0.3, -0.25) is 9.59 Å². The van der Waals surface area contributed by atoms with Crippen LogP contribution in [0.2, 0.25) is 0 Å². The lowest BCUT2D eigenvalue weighted by Gasteiger charge is -2.19. The molecular formula is C21H27N5O4S. The fourth-order valence-corrected chi connectivity index (χ4v) is 5.56. The average molecular weight is 446 g/mol. The van der Waals surface area contributed by atoms with E-state index >= 15 is 0 Å². The van der Waals surface area contributed by atoms with E-state index in [1.54, 1.807) is 41.7 Å². The molecule has 0 bridgehead atoms. The normalized spacial score (nSPS) is 19.8. The third-order valence-electron chi connectivity index (χ3n) is 5.80. The number of carbonyl (C=O) groups excluding carboxylic acids is 2. The summed E-state index contributed by atoms with van der Waals surface area (Å²) in [6.07, 6.45) is 8.01. The van der Waals surface area contributed by atoms with Gasteiger partial charge in [-0.2, -0.15) is 4.31 Å². The van der Waals surface area contributed by atoms with E-state index in [0.717, 1.165) is 25.8 Å².